The van der Waals surface area contributed by atoms with Crippen molar-refractivity contribution in [2.75, 3.05) is 11.6 Å². The Morgan fingerprint density at radius 2 is 2.16 bits per heavy atom. The van der Waals surface area contributed by atoms with Gasteiger partial charge in [-0.1, -0.05) is 12.1 Å². The lowest BCUT2D eigenvalue weighted by Gasteiger charge is -2.10. The molecular weight excluding hydrogens is 324 g/mol. The smallest absolute Gasteiger partial charge is 0.272 e. The minimum absolute atomic E-state index is 0.0888. The second-order valence-electron chi connectivity index (χ2n) is 3.98. The topological polar surface area (TPSA) is 34.0 Å². The monoisotopic (exact) mass is 338 g/mol. The predicted octanol–water partition coefficient (Wildman–Crippen LogP) is 4.24. The van der Waals surface area contributed by atoms with Crippen molar-refractivity contribution < 1.29 is 4.79 Å². The van der Waals surface area contributed by atoms with E-state index in [-0.39, 0.29) is 5.91 Å². The molecule has 0 unspecified atom stereocenters. The molecule has 0 atom stereocenters. The van der Waals surface area contributed by atoms with Crippen LogP contribution in [0.15, 0.2) is 45.9 Å². The first-order valence-corrected chi connectivity index (χ1v) is 7.97. The van der Waals surface area contributed by atoms with Crippen LogP contribution in [0.25, 0.3) is 0 Å². The fraction of sp³-hybridized carbons (Fsp3) is 0.214. The minimum atomic E-state index is -0.0888. The number of hydrogen-bond acceptors (Lipinski definition) is 2. The van der Waals surface area contributed by atoms with Gasteiger partial charge in [-0.05, 0) is 47.3 Å². The Morgan fingerprint density at radius 1 is 1.42 bits per heavy atom. The number of benzene rings is 1. The summed E-state index contributed by atoms with van der Waals surface area (Å²) in [5, 5.41) is 2.96. The molecule has 0 aliphatic carbocycles. The van der Waals surface area contributed by atoms with Crippen LogP contribution in [0.5, 0.6) is 0 Å². The zero-order chi connectivity index (χ0) is 13.8. The number of nitrogens with zero attached hydrogens (tertiary/aromatic N) is 1. The Hall–Kier alpha value is -1.20. The third-order valence-electron chi connectivity index (χ3n) is 2.79. The molecule has 1 amide bonds. The van der Waals surface area contributed by atoms with Crippen molar-refractivity contribution in [2.24, 2.45) is 0 Å². The van der Waals surface area contributed by atoms with E-state index in [0.717, 1.165) is 21.6 Å². The molecule has 0 radical (unpaired) electrons. The molecule has 0 saturated carbocycles. The molecule has 100 valence electrons. The zero-order valence-corrected chi connectivity index (χ0v) is 13.2. The van der Waals surface area contributed by atoms with E-state index in [0.29, 0.717) is 5.69 Å². The van der Waals surface area contributed by atoms with Gasteiger partial charge >= 0.3 is 0 Å². The molecule has 19 heavy (non-hydrogen) atoms. The van der Waals surface area contributed by atoms with E-state index < -0.39 is 0 Å². The Bertz CT molecular complexity index is 595. The second kappa shape index (κ2) is 6.30. The summed E-state index contributed by atoms with van der Waals surface area (Å²) in [5.74, 6) is -0.0888. The van der Waals surface area contributed by atoms with Crippen LogP contribution in [0.4, 0.5) is 5.69 Å². The van der Waals surface area contributed by atoms with E-state index >= 15 is 0 Å². The number of hydrogen-bond donors (Lipinski definition) is 1. The molecule has 0 spiro atoms. The number of rotatable bonds is 4. The summed E-state index contributed by atoms with van der Waals surface area (Å²) in [6.07, 6.45) is 3.91. The van der Waals surface area contributed by atoms with Crippen molar-refractivity contribution in [3.63, 3.8) is 0 Å². The van der Waals surface area contributed by atoms with Gasteiger partial charge in [-0.3, -0.25) is 4.79 Å². The average Bonchev–Trinajstić information content (AvgIpc) is 2.80. The van der Waals surface area contributed by atoms with Crippen molar-refractivity contribution in [2.45, 2.75) is 18.4 Å². The van der Waals surface area contributed by atoms with Gasteiger partial charge in [0.1, 0.15) is 5.69 Å². The molecule has 0 bridgehead atoms. The maximum absolute atomic E-state index is 12.3. The first kappa shape index (κ1) is 14.2. The number of carbonyl (C=O) groups is 1. The van der Waals surface area contributed by atoms with E-state index in [2.05, 4.69) is 21.2 Å². The summed E-state index contributed by atoms with van der Waals surface area (Å²) in [6, 6.07) is 9.63. The van der Waals surface area contributed by atoms with Crippen LogP contribution < -0.4 is 5.32 Å². The van der Waals surface area contributed by atoms with Gasteiger partial charge in [0.25, 0.3) is 5.91 Å². The Balaban J connectivity index is 2.25. The fourth-order valence-corrected chi connectivity index (χ4v) is 2.88. The molecule has 0 aliphatic heterocycles. The first-order valence-electron chi connectivity index (χ1n) is 5.95. The number of thioether (sulfide) groups is 1. The van der Waals surface area contributed by atoms with Crippen molar-refractivity contribution in [3.8, 4) is 0 Å². The van der Waals surface area contributed by atoms with E-state index in [1.165, 1.54) is 0 Å². The number of carbonyl (C=O) groups excluding carboxylic acids is 1. The van der Waals surface area contributed by atoms with Crippen LogP contribution in [0.2, 0.25) is 0 Å². The number of anilines is 1. The molecule has 0 fully saturated rings. The van der Waals surface area contributed by atoms with Gasteiger partial charge in [0, 0.05) is 22.1 Å². The Morgan fingerprint density at radius 3 is 2.84 bits per heavy atom. The highest BCUT2D eigenvalue weighted by Crippen LogP contribution is 2.25. The highest BCUT2D eigenvalue weighted by atomic mass is 79.9. The molecule has 1 heterocycles. The molecule has 1 N–H and O–H groups in total. The van der Waals surface area contributed by atoms with Gasteiger partial charge in [-0.15, -0.1) is 11.8 Å². The Labute approximate surface area is 125 Å². The Kier molecular flexibility index (Phi) is 4.71. The number of amides is 1. The summed E-state index contributed by atoms with van der Waals surface area (Å²) in [6.45, 7) is 2.78. The summed E-state index contributed by atoms with van der Waals surface area (Å²) in [4.78, 5) is 13.4. The summed E-state index contributed by atoms with van der Waals surface area (Å²) < 4.78 is 2.83. The normalized spacial score (nSPS) is 10.5. The molecule has 2 aromatic rings. The van der Waals surface area contributed by atoms with Gasteiger partial charge < -0.3 is 9.88 Å². The van der Waals surface area contributed by atoms with Gasteiger partial charge in [-0.25, -0.2) is 0 Å². The summed E-state index contributed by atoms with van der Waals surface area (Å²) in [7, 11) is 0. The number of para-hydroxylation sites is 1. The van der Waals surface area contributed by atoms with Gasteiger partial charge in [-0.2, -0.15) is 0 Å². The third kappa shape index (κ3) is 3.22. The van der Waals surface area contributed by atoms with Crippen molar-refractivity contribution in [1.29, 1.82) is 0 Å². The number of aromatic nitrogens is 1. The predicted molar refractivity (Wildman–Crippen MR) is 84.0 cm³/mol. The summed E-state index contributed by atoms with van der Waals surface area (Å²) >= 11 is 5.02. The molecular formula is C14H15BrN2OS. The highest BCUT2D eigenvalue weighted by molar-refractivity contribution is 9.10. The van der Waals surface area contributed by atoms with Crippen LogP contribution in [0.3, 0.4) is 0 Å². The SMILES string of the molecule is CCn1cc(Br)cc1C(=O)Nc1ccccc1SC. The zero-order valence-electron chi connectivity index (χ0n) is 10.8. The average molecular weight is 339 g/mol. The number of nitrogens with one attached hydrogen (secondary N) is 1. The molecule has 2 rings (SSSR count). The van der Waals surface area contributed by atoms with Gasteiger partial charge in [0.05, 0.1) is 5.69 Å². The lowest BCUT2D eigenvalue weighted by atomic mass is 10.3. The van der Waals surface area contributed by atoms with Gasteiger partial charge in [0.15, 0.2) is 0 Å². The molecule has 0 saturated heterocycles. The van der Waals surface area contributed by atoms with Crippen LogP contribution in [-0.2, 0) is 6.54 Å². The second-order valence-corrected chi connectivity index (χ2v) is 5.75. The van der Waals surface area contributed by atoms with E-state index in [1.54, 1.807) is 11.8 Å². The first-order chi connectivity index (χ1) is 9.15. The third-order valence-corrected chi connectivity index (χ3v) is 4.02. The fourth-order valence-electron chi connectivity index (χ4n) is 1.86. The van der Waals surface area contributed by atoms with Crippen LogP contribution in [-0.4, -0.2) is 16.7 Å². The van der Waals surface area contributed by atoms with Crippen molar-refractivity contribution in [1.82, 2.24) is 4.57 Å². The molecule has 0 aliphatic rings. The molecule has 1 aromatic heterocycles. The van der Waals surface area contributed by atoms with Crippen LogP contribution in [0.1, 0.15) is 17.4 Å². The lowest BCUT2D eigenvalue weighted by molar-refractivity contribution is 0.101. The van der Waals surface area contributed by atoms with Crippen molar-refractivity contribution >= 4 is 39.3 Å². The molecule has 3 nitrogen and oxygen atoms in total. The van der Waals surface area contributed by atoms with E-state index in [4.69, 9.17) is 0 Å². The highest BCUT2D eigenvalue weighted by Gasteiger charge is 2.13. The lowest BCUT2D eigenvalue weighted by Crippen LogP contribution is -2.16. The number of aryl methyl sites for hydroxylation is 1. The van der Waals surface area contributed by atoms with Crippen molar-refractivity contribution in [3.05, 3.63) is 46.7 Å². The van der Waals surface area contributed by atoms with Crippen LogP contribution in [0, 0.1) is 0 Å². The van der Waals surface area contributed by atoms with E-state index in [1.807, 2.05) is 54.3 Å². The maximum atomic E-state index is 12.3. The van der Waals surface area contributed by atoms with E-state index in [9.17, 15) is 4.79 Å². The maximum Gasteiger partial charge on any atom is 0.272 e. The summed E-state index contributed by atoms with van der Waals surface area (Å²) in [5.41, 5.74) is 1.50. The minimum Gasteiger partial charge on any atom is -0.343 e. The van der Waals surface area contributed by atoms with Gasteiger partial charge in [0.2, 0.25) is 0 Å². The largest absolute Gasteiger partial charge is 0.343 e. The standard InChI is InChI=1S/C14H15BrN2OS/c1-3-17-9-10(15)8-12(17)14(18)16-11-6-4-5-7-13(11)19-2/h4-9H,3H2,1-2H3,(H,16,18). The van der Waals surface area contributed by atoms with Crippen LogP contribution >= 0.6 is 27.7 Å². The quantitative estimate of drug-likeness (QED) is 0.845. The molecule has 5 heteroatoms. The number of halogens is 1. The molecule has 1 aromatic carbocycles.